The number of carbonyl (C=O) groups excluding carboxylic acids is 1. The molecule has 1 atom stereocenters. The van der Waals surface area contributed by atoms with E-state index in [0.717, 1.165) is 11.3 Å². The van der Waals surface area contributed by atoms with Gasteiger partial charge in [0.2, 0.25) is 5.89 Å². The van der Waals surface area contributed by atoms with Crippen LogP contribution in [0.5, 0.6) is 0 Å². The van der Waals surface area contributed by atoms with Crippen LogP contribution in [0.25, 0.3) is 0 Å². The van der Waals surface area contributed by atoms with Gasteiger partial charge in [-0.3, -0.25) is 4.79 Å². The minimum absolute atomic E-state index is 0.165. The van der Waals surface area contributed by atoms with E-state index >= 15 is 0 Å². The normalized spacial score (nSPS) is 19.0. The van der Waals surface area contributed by atoms with Crippen molar-refractivity contribution in [2.75, 3.05) is 11.5 Å². The summed E-state index contributed by atoms with van der Waals surface area (Å²) in [6, 6.07) is 7.55. The molecule has 1 aromatic carbocycles. The molecular weight excluding hydrogens is 284 g/mol. The fourth-order valence-electron chi connectivity index (χ4n) is 1.97. The molecule has 2 aromatic rings. The van der Waals surface area contributed by atoms with Crippen LogP contribution in [0.3, 0.4) is 0 Å². The molecule has 1 unspecified atom stereocenters. The smallest absolute Gasteiger partial charge is 0.238 e. The second kappa shape index (κ2) is 5.35. The number of benzene rings is 1. The van der Waals surface area contributed by atoms with E-state index in [1.54, 1.807) is 11.8 Å². The van der Waals surface area contributed by atoms with Crippen LogP contribution in [-0.2, 0) is 11.2 Å². The maximum atomic E-state index is 11.6. The van der Waals surface area contributed by atoms with Gasteiger partial charge in [-0.25, -0.2) is 0 Å². The molecule has 0 radical (unpaired) electrons. The Labute approximate surface area is 119 Å². The number of nitrogens with zero attached hydrogens (tertiary/aromatic N) is 2. The lowest BCUT2D eigenvalue weighted by Crippen LogP contribution is -2.09. The van der Waals surface area contributed by atoms with Gasteiger partial charge in [-0.05, 0) is 11.6 Å². The number of Topliss-reactive ketones (excluding diaryl/α,β-unsaturated/α-hetero) is 1. The molecule has 1 aliphatic rings. The summed E-state index contributed by atoms with van der Waals surface area (Å²) in [7, 11) is 0. The van der Waals surface area contributed by atoms with E-state index in [-0.39, 0.29) is 11.7 Å². The van der Waals surface area contributed by atoms with E-state index in [1.807, 2.05) is 24.3 Å². The Bertz CT molecular complexity index is 614. The lowest BCUT2D eigenvalue weighted by atomic mass is 10.1. The Morgan fingerprint density at radius 2 is 2.26 bits per heavy atom. The van der Waals surface area contributed by atoms with Crippen molar-refractivity contribution in [3.63, 3.8) is 0 Å². The second-order valence-corrected chi connectivity index (χ2v) is 5.79. The predicted octanol–water partition coefficient (Wildman–Crippen LogP) is 2.71. The van der Waals surface area contributed by atoms with Gasteiger partial charge in [0.15, 0.2) is 11.6 Å². The maximum absolute atomic E-state index is 11.6. The predicted molar refractivity (Wildman–Crippen MR) is 73.6 cm³/mol. The highest BCUT2D eigenvalue weighted by Crippen LogP contribution is 2.28. The van der Waals surface area contributed by atoms with E-state index in [1.165, 1.54) is 0 Å². The molecule has 1 aliphatic heterocycles. The summed E-state index contributed by atoms with van der Waals surface area (Å²) in [6.45, 7) is 0. The second-order valence-electron chi connectivity index (χ2n) is 4.35. The molecule has 1 fully saturated rings. The van der Waals surface area contributed by atoms with Crippen LogP contribution in [0.1, 0.15) is 23.2 Å². The zero-order valence-corrected chi connectivity index (χ0v) is 11.6. The molecule has 0 spiro atoms. The Hall–Kier alpha value is -1.33. The van der Waals surface area contributed by atoms with Gasteiger partial charge in [0.05, 0.1) is 5.75 Å². The van der Waals surface area contributed by atoms with E-state index < -0.39 is 0 Å². The van der Waals surface area contributed by atoms with E-state index in [4.69, 9.17) is 16.1 Å². The number of aromatic nitrogens is 2. The lowest BCUT2D eigenvalue weighted by Gasteiger charge is -1.99. The van der Waals surface area contributed by atoms with Gasteiger partial charge in [0.1, 0.15) is 5.92 Å². The van der Waals surface area contributed by atoms with E-state index in [2.05, 4.69) is 10.1 Å². The topological polar surface area (TPSA) is 56.0 Å². The molecule has 98 valence electrons. The summed E-state index contributed by atoms with van der Waals surface area (Å²) in [6.07, 6.45) is 0.511. The van der Waals surface area contributed by atoms with Crippen molar-refractivity contribution in [3.8, 4) is 0 Å². The molecule has 19 heavy (non-hydrogen) atoms. The summed E-state index contributed by atoms with van der Waals surface area (Å²) < 4.78 is 5.19. The van der Waals surface area contributed by atoms with Crippen LogP contribution >= 0.6 is 23.4 Å². The number of carbonyl (C=O) groups is 1. The summed E-state index contributed by atoms with van der Waals surface area (Å²) in [5.74, 6) is 2.18. The molecule has 0 bridgehead atoms. The van der Waals surface area contributed by atoms with Crippen molar-refractivity contribution in [1.82, 2.24) is 10.1 Å². The highest BCUT2D eigenvalue weighted by atomic mass is 35.5. The average Bonchev–Trinajstić information content (AvgIpc) is 3.01. The fourth-order valence-corrected chi connectivity index (χ4v) is 3.26. The zero-order valence-electron chi connectivity index (χ0n) is 10.0. The number of halogens is 1. The summed E-state index contributed by atoms with van der Waals surface area (Å²) in [5, 5.41) is 4.61. The molecular formula is C13H11ClN2O2S. The highest BCUT2D eigenvalue weighted by molar-refractivity contribution is 8.00. The number of rotatable bonds is 3. The Morgan fingerprint density at radius 3 is 3.00 bits per heavy atom. The molecule has 3 rings (SSSR count). The quantitative estimate of drug-likeness (QED) is 0.871. The van der Waals surface area contributed by atoms with Crippen molar-refractivity contribution in [1.29, 1.82) is 0 Å². The maximum Gasteiger partial charge on any atom is 0.238 e. The molecule has 4 nitrogen and oxygen atoms in total. The largest absolute Gasteiger partial charge is 0.339 e. The summed E-state index contributed by atoms with van der Waals surface area (Å²) >= 11 is 7.69. The van der Waals surface area contributed by atoms with Crippen LogP contribution in [0, 0.1) is 0 Å². The zero-order chi connectivity index (χ0) is 13.2. The number of ketones is 1. The van der Waals surface area contributed by atoms with Gasteiger partial charge in [-0.1, -0.05) is 35.0 Å². The van der Waals surface area contributed by atoms with Gasteiger partial charge in [0.25, 0.3) is 0 Å². The van der Waals surface area contributed by atoms with Crippen LogP contribution in [0.2, 0.25) is 5.02 Å². The Balaban J connectivity index is 1.78. The molecule has 0 amide bonds. The van der Waals surface area contributed by atoms with Crippen molar-refractivity contribution < 1.29 is 9.32 Å². The van der Waals surface area contributed by atoms with Crippen molar-refractivity contribution in [3.05, 3.63) is 46.6 Å². The van der Waals surface area contributed by atoms with Crippen molar-refractivity contribution >= 4 is 29.1 Å². The monoisotopic (exact) mass is 294 g/mol. The third-order valence-corrected chi connectivity index (χ3v) is 4.43. The van der Waals surface area contributed by atoms with Crippen molar-refractivity contribution in [2.24, 2.45) is 0 Å². The molecule has 0 aliphatic carbocycles. The molecule has 0 N–H and O–H groups in total. The summed E-state index contributed by atoms with van der Waals surface area (Å²) in [5.41, 5.74) is 0.948. The SMILES string of the molecule is O=C1CSCC1c1nc(Cc2ccccc2Cl)no1. The first kappa shape index (κ1) is 12.7. The number of hydrogen-bond donors (Lipinski definition) is 0. The number of thioether (sulfide) groups is 1. The van der Waals surface area contributed by atoms with E-state index in [9.17, 15) is 4.79 Å². The highest BCUT2D eigenvalue weighted by Gasteiger charge is 2.31. The van der Waals surface area contributed by atoms with Gasteiger partial charge in [-0.2, -0.15) is 16.7 Å². The first-order valence-corrected chi connectivity index (χ1v) is 7.43. The van der Waals surface area contributed by atoms with Crippen LogP contribution in [0.4, 0.5) is 0 Å². The average molecular weight is 295 g/mol. The van der Waals surface area contributed by atoms with Crippen LogP contribution in [0.15, 0.2) is 28.8 Å². The first-order chi connectivity index (χ1) is 9.24. The number of hydrogen-bond acceptors (Lipinski definition) is 5. The summed E-state index contributed by atoms with van der Waals surface area (Å²) in [4.78, 5) is 15.9. The van der Waals surface area contributed by atoms with Gasteiger partial charge >= 0.3 is 0 Å². The molecule has 1 aromatic heterocycles. The van der Waals surface area contributed by atoms with Gasteiger partial charge in [-0.15, -0.1) is 0 Å². The minimum Gasteiger partial charge on any atom is -0.339 e. The fraction of sp³-hybridized carbons (Fsp3) is 0.308. The van der Waals surface area contributed by atoms with Crippen LogP contribution in [-0.4, -0.2) is 27.4 Å². The van der Waals surface area contributed by atoms with Gasteiger partial charge < -0.3 is 4.52 Å². The Morgan fingerprint density at radius 1 is 1.42 bits per heavy atom. The van der Waals surface area contributed by atoms with Crippen molar-refractivity contribution in [2.45, 2.75) is 12.3 Å². The molecule has 2 heterocycles. The lowest BCUT2D eigenvalue weighted by molar-refractivity contribution is -0.117. The minimum atomic E-state index is -0.238. The van der Waals surface area contributed by atoms with Crippen LogP contribution < -0.4 is 0 Å². The van der Waals surface area contributed by atoms with E-state index in [0.29, 0.717) is 28.9 Å². The molecule has 6 heteroatoms. The molecule has 0 saturated carbocycles. The molecule has 1 saturated heterocycles. The third kappa shape index (κ3) is 2.67. The standard InChI is InChI=1S/C13H11ClN2O2S/c14-10-4-2-1-3-8(10)5-12-15-13(18-16-12)9-6-19-7-11(9)17/h1-4,9H,5-7H2. The Kier molecular flexibility index (Phi) is 3.57. The third-order valence-electron chi connectivity index (χ3n) is 3.01. The first-order valence-electron chi connectivity index (χ1n) is 5.90. The van der Waals surface area contributed by atoms with Gasteiger partial charge in [0, 0.05) is 17.2 Å².